The smallest absolute Gasteiger partial charge is 0.338 e. The molecule has 0 aliphatic carbocycles. The minimum atomic E-state index is -0.592. The standard InChI is InChI=1S/C26H27NO3/c1-26(2,3)27(24(28)21-15-9-5-10-16-21)19-23(20-13-7-4-8-14-20)30-25(29)22-17-11-6-12-18-22/h4-18,23H,19H2,1-3H3. The van der Waals surface area contributed by atoms with Gasteiger partial charge < -0.3 is 9.64 Å². The van der Waals surface area contributed by atoms with Gasteiger partial charge in [0, 0.05) is 11.1 Å². The summed E-state index contributed by atoms with van der Waals surface area (Å²) < 4.78 is 5.90. The third-order valence-corrected chi connectivity index (χ3v) is 4.85. The summed E-state index contributed by atoms with van der Waals surface area (Å²) in [5, 5.41) is 0. The molecule has 3 aromatic rings. The van der Waals surface area contributed by atoms with Crippen LogP contribution in [0.5, 0.6) is 0 Å². The van der Waals surface area contributed by atoms with Crippen LogP contribution >= 0.6 is 0 Å². The summed E-state index contributed by atoms with van der Waals surface area (Å²) in [6, 6.07) is 27.6. The molecule has 0 radical (unpaired) electrons. The highest BCUT2D eigenvalue weighted by molar-refractivity contribution is 5.94. The number of hydrogen-bond acceptors (Lipinski definition) is 3. The SMILES string of the molecule is CC(C)(C)N(CC(OC(=O)c1ccccc1)c1ccccc1)C(=O)c1ccccc1. The molecule has 0 heterocycles. The van der Waals surface area contributed by atoms with Crippen molar-refractivity contribution < 1.29 is 14.3 Å². The molecule has 3 aromatic carbocycles. The van der Waals surface area contributed by atoms with Crippen LogP contribution in [-0.2, 0) is 4.74 Å². The third kappa shape index (κ3) is 5.35. The second-order valence-electron chi connectivity index (χ2n) is 8.12. The first kappa shape index (κ1) is 21.3. The summed E-state index contributed by atoms with van der Waals surface area (Å²) in [6.07, 6.45) is -0.592. The summed E-state index contributed by atoms with van der Waals surface area (Å²) in [4.78, 5) is 27.8. The molecule has 4 nitrogen and oxygen atoms in total. The molecule has 154 valence electrons. The Morgan fingerprint density at radius 2 is 1.23 bits per heavy atom. The van der Waals surface area contributed by atoms with Gasteiger partial charge in [-0.25, -0.2) is 4.79 Å². The molecule has 0 saturated carbocycles. The van der Waals surface area contributed by atoms with Crippen molar-refractivity contribution in [1.82, 2.24) is 4.90 Å². The second kappa shape index (κ2) is 9.40. The number of carbonyl (C=O) groups excluding carboxylic acids is 2. The van der Waals surface area contributed by atoms with Crippen LogP contribution in [0.25, 0.3) is 0 Å². The minimum absolute atomic E-state index is 0.0974. The van der Waals surface area contributed by atoms with Crippen molar-refractivity contribution in [3.8, 4) is 0 Å². The van der Waals surface area contributed by atoms with Gasteiger partial charge in [-0.1, -0.05) is 66.7 Å². The molecular formula is C26H27NO3. The van der Waals surface area contributed by atoms with E-state index in [1.807, 2.05) is 75.4 Å². The van der Waals surface area contributed by atoms with Crippen molar-refractivity contribution in [3.05, 3.63) is 108 Å². The van der Waals surface area contributed by atoms with Gasteiger partial charge in [0.25, 0.3) is 5.91 Å². The molecule has 30 heavy (non-hydrogen) atoms. The lowest BCUT2D eigenvalue weighted by Crippen LogP contribution is -2.48. The van der Waals surface area contributed by atoms with Crippen LogP contribution in [0.1, 0.15) is 53.2 Å². The maximum atomic E-state index is 13.3. The van der Waals surface area contributed by atoms with Gasteiger partial charge in [0.15, 0.2) is 0 Å². The zero-order valence-corrected chi connectivity index (χ0v) is 17.6. The monoisotopic (exact) mass is 401 g/mol. The lowest BCUT2D eigenvalue weighted by Gasteiger charge is -2.38. The van der Waals surface area contributed by atoms with Crippen molar-refractivity contribution in [2.45, 2.75) is 32.4 Å². The second-order valence-corrected chi connectivity index (χ2v) is 8.12. The van der Waals surface area contributed by atoms with Crippen LogP contribution in [0.4, 0.5) is 0 Å². The Hall–Kier alpha value is -3.40. The molecule has 0 aromatic heterocycles. The van der Waals surface area contributed by atoms with E-state index in [-0.39, 0.29) is 12.5 Å². The predicted octanol–water partition coefficient (Wildman–Crippen LogP) is 5.53. The molecule has 1 atom stereocenters. The maximum absolute atomic E-state index is 13.3. The van der Waals surface area contributed by atoms with Crippen LogP contribution in [0, 0.1) is 0 Å². The Kier molecular flexibility index (Phi) is 6.68. The van der Waals surface area contributed by atoms with Gasteiger partial charge in [0.05, 0.1) is 12.1 Å². The Balaban J connectivity index is 1.91. The van der Waals surface area contributed by atoms with Crippen LogP contribution in [0.3, 0.4) is 0 Å². The van der Waals surface area contributed by atoms with E-state index in [1.54, 1.807) is 41.3 Å². The number of rotatable bonds is 6. The molecule has 0 spiro atoms. The van der Waals surface area contributed by atoms with Crippen LogP contribution in [0.15, 0.2) is 91.0 Å². The fraction of sp³-hybridized carbons (Fsp3) is 0.231. The summed E-state index contributed by atoms with van der Waals surface area (Å²) in [6.45, 7) is 6.19. The summed E-state index contributed by atoms with van der Waals surface area (Å²) in [5.41, 5.74) is 1.47. The first-order valence-corrected chi connectivity index (χ1v) is 10.0. The van der Waals surface area contributed by atoms with E-state index in [4.69, 9.17) is 4.74 Å². The highest BCUT2D eigenvalue weighted by atomic mass is 16.5. The van der Waals surface area contributed by atoms with Gasteiger partial charge in [0.1, 0.15) is 6.10 Å². The number of benzene rings is 3. The predicted molar refractivity (Wildman–Crippen MR) is 118 cm³/mol. The van der Waals surface area contributed by atoms with Gasteiger partial charge in [0.2, 0.25) is 0 Å². The highest BCUT2D eigenvalue weighted by Gasteiger charge is 2.32. The zero-order chi connectivity index (χ0) is 21.6. The fourth-order valence-electron chi connectivity index (χ4n) is 3.21. The molecule has 3 rings (SSSR count). The van der Waals surface area contributed by atoms with Gasteiger partial charge in [-0.2, -0.15) is 0 Å². The van der Waals surface area contributed by atoms with E-state index in [9.17, 15) is 9.59 Å². The van der Waals surface area contributed by atoms with Gasteiger partial charge in [-0.15, -0.1) is 0 Å². The van der Waals surface area contributed by atoms with Crippen molar-refractivity contribution in [2.75, 3.05) is 6.54 Å². The van der Waals surface area contributed by atoms with E-state index in [0.717, 1.165) is 5.56 Å². The van der Waals surface area contributed by atoms with Crippen molar-refractivity contribution in [3.63, 3.8) is 0 Å². The van der Waals surface area contributed by atoms with Crippen LogP contribution < -0.4 is 0 Å². The number of nitrogens with zero attached hydrogens (tertiary/aromatic N) is 1. The Bertz CT molecular complexity index is 963. The molecule has 1 unspecified atom stereocenters. The number of ether oxygens (including phenoxy) is 1. The molecule has 0 aliphatic heterocycles. The third-order valence-electron chi connectivity index (χ3n) is 4.85. The zero-order valence-electron chi connectivity index (χ0n) is 17.6. The van der Waals surface area contributed by atoms with Crippen LogP contribution in [-0.4, -0.2) is 28.9 Å². The summed E-state index contributed by atoms with van der Waals surface area (Å²) in [5.74, 6) is -0.509. The Morgan fingerprint density at radius 3 is 1.73 bits per heavy atom. The molecule has 0 aliphatic rings. The van der Waals surface area contributed by atoms with E-state index < -0.39 is 17.6 Å². The van der Waals surface area contributed by atoms with E-state index in [0.29, 0.717) is 11.1 Å². The normalized spacial score (nSPS) is 12.1. The largest absolute Gasteiger partial charge is 0.452 e. The average molecular weight is 402 g/mol. The minimum Gasteiger partial charge on any atom is -0.452 e. The first-order valence-electron chi connectivity index (χ1n) is 10.0. The number of hydrogen-bond donors (Lipinski definition) is 0. The van der Waals surface area contributed by atoms with Crippen molar-refractivity contribution in [2.24, 2.45) is 0 Å². The average Bonchev–Trinajstić information content (AvgIpc) is 2.77. The number of amides is 1. The Morgan fingerprint density at radius 1 is 0.767 bits per heavy atom. The fourth-order valence-corrected chi connectivity index (χ4v) is 3.21. The first-order chi connectivity index (χ1) is 14.4. The van der Waals surface area contributed by atoms with Gasteiger partial charge in [-0.3, -0.25) is 4.79 Å². The highest BCUT2D eigenvalue weighted by Crippen LogP contribution is 2.26. The molecule has 1 amide bonds. The summed E-state index contributed by atoms with van der Waals surface area (Å²) >= 11 is 0. The van der Waals surface area contributed by atoms with Gasteiger partial charge >= 0.3 is 5.97 Å². The van der Waals surface area contributed by atoms with E-state index >= 15 is 0 Å². The quantitative estimate of drug-likeness (QED) is 0.511. The van der Waals surface area contributed by atoms with E-state index in [1.165, 1.54) is 0 Å². The molecule has 0 saturated heterocycles. The maximum Gasteiger partial charge on any atom is 0.338 e. The molecule has 4 heteroatoms. The van der Waals surface area contributed by atoms with E-state index in [2.05, 4.69) is 0 Å². The molecule has 0 fully saturated rings. The summed E-state index contributed by atoms with van der Waals surface area (Å²) in [7, 11) is 0. The Labute approximate surface area is 178 Å². The topological polar surface area (TPSA) is 46.6 Å². The lowest BCUT2D eigenvalue weighted by atomic mass is 10.0. The lowest BCUT2D eigenvalue weighted by molar-refractivity contribution is 0.00773. The van der Waals surface area contributed by atoms with Gasteiger partial charge in [-0.05, 0) is 50.6 Å². The van der Waals surface area contributed by atoms with Crippen molar-refractivity contribution in [1.29, 1.82) is 0 Å². The van der Waals surface area contributed by atoms with Crippen molar-refractivity contribution >= 4 is 11.9 Å². The molecule has 0 N–H and O–H groups in total. The van der Waals surface area contributed by atoms with Crippen LogP contribution in [0.2, 0.25) is 0 Å². The molecule has 0 bridgehead atoms. The number of carbonyl (C=O) groups is 2. The number of esters is 1. The molecular weight excluding hydrogens is 374 g/mol.